The average Bonchev–Trinajstić information content (AvgIpc) is 2.93. The van der Waals surface area contributed by atoms with E-state index >= 15 is 0 Å². The molecule has 110 valence electrons. The second kappa shape index (κ2) is 5.99. The van der Waals surface area contributed by atoms with Crippen LogP contribution in [0.3, 0.4) is 0 Å². The molecule has 0 amide bonds. The SMILES string of the molecule is COc1cc([N+](=O)[O-])ccc1-c1nnc(CCC(=O)O)o1. The number of carboxylic acid groups (broad SMARTS) is 1. The maximum atomic E-state index is 10.7. The Morgan fingerprint density at radius 3 is 2.86 bits per heavy atom. The summed E-state index contributed by atoms with van der Waals surface area (Å²) >= 11 is 0. The highest BCUT2D eigenvalue weighted by Gasteiger charge is 2.17. The maximum absolute atomic E-state index is 10.7. The molecule has 0 aliphatic carbocycles. The third-order valence-corrected chi connectivity index (χ3v) is 2.65. The van der Waals surface area contributed by atoms with Gasteiger partial charge in [0, 0.05) is 12.5 Å². The average molecular weight is 293 g/mol. The van der Waals surface area contributed by atoms with Crippen LogP contribution in [-0.4, -0.2) is 33.3 Å². The van der Waals surface area contributed by atoms with E-state index in [4.69, 9.17) is 14.3 Å². The number of nitrogens with zero attached hydrogens (tertiary/aromatic N) is 3. The molecule has 0 aliphatic rings. The third-order valence-electron chi connectivity index (χ3n) is 2.65. The van der Waals surface area contributed by atoms with E-state index in [9.17, 15) is 14.9 Å². The lowest BCUT2D eigenvalue weighted by Crippen LogP contribution is -1.97. The number of carboxylic acids is 1. The standard InChI is InChI=1S/C12H11N3O6/c1-20-9-6-7(15(18)19)2-3-8(9)12-14-13-10(21-12)4-5-11(16)17/h2-3,6H,4-5H2,1H3,(H,16,17). The normalized spacial score (nSPS) is 10.3. The summed E-state index contributed by atoms with van der Waals surface area (Å²) in [4.78, 5) is 20.6. The Hall–Kier alpha value is -2.97. The molecule has 9 heteroatoms. The molecule has 2 aromatic rings. The number of nitro benzene ring substituents is 1. The summed E-state index contributed by atoms with van der Waals surface area (Å²) in [5.41, 5.74) is 0.276. The number of methoxy groups -OCH3 is 1. The number of hydrogen-bond donors (Lipinski definition) is 1. The van der Waals surface area contributed by atoms with Crippen molar-refractivity contribution >= 4 is 11.7 Å². The van der Waals surface area contributed by atoms with Crippen LogP contribution in [0, 0.1) is 10.1 Å². The van der Waals surface area contributed by atoms with Crippen LogP contribution in [-0.2, 0) is 11.2 Å². The van der Waals surface area contributed by atoms with E-state index in [2.05, 4.69) is 10.2 Å². The highest BCUT2D eigenvalue weighted by molar-refractivity contribution is 5.67. The van der Waals surface area contributed by atoms with E-state index in [0.29, 0.717) is 5.56 Å². The molecule has 2 rings (SSSR count). The Morgan fingerprint density at radius 1 is 1.48 bits per heavy atom. The Morgan fingerprint density at radius 2 is 2.24 bits per heavy atom. The minimum Gasteiger partial charge on any atom is -0.496 e. The molecule has 0 saturated carbocycles. The zero-order valence-electron chi connectivity index (χ0n) is 11.0. The maximum Gasteiger partial charge on any atom is 0.303 e. The number of benzene rings is 1. The van der Waals surface area contributed by atoms with Crippen LogP contribution < -0.4 is 4.74 Å². The van der Waals surface area contributed by atoms with Crippen molar-refractivity contribution in [3.63, 3.8) is 0 Å². The van der Waals surface area contributed by atoms with Crippen LogP contribution in [0.25, 0.3) is 11.5 Å². The van der Waals surface area contributed by atoms with Crippen LogP contribution in [0.1, 0.15) is 12.3 Å². The number of aromatic nitrogens is 2. The molecule has 0 atom stereocenters. The molecule has 9 nitrogen and oxygen atoms in total. The van der Waals surface area contributed by atoms with Gasteiger partial charge in [-0.3, -0.25) is 14.9 Å². The Labute approximate surface area is 118 Å². The lowest BCUT2D eigenvalue weighted by molar-refractivity contribution is -0.384. The zero-order valence-corrected chi connectivity index (χ0v) is 11.0. The van der Waals surface area contributed by atoms with Crippen molar-refractivity contribution < 1.29 is 24.0 Å². The van der Waals surface area contributed by atoms with Gasteiger partial charge in [-0.2, -0.15) is 0 Å². The summed E-state index contributed by atoms with van der Waals surface area (Å²) in [6, 6.07) is 3.97. The van der Waals surface area contributed by atoms with Crippen molar-refractivity contribution in [2.75, 3.05) is 7.11 Å². The van der Waals surface area contributed by atoms with Crippen molar-refractivity contribution in [1.29, 1.82) is 0 Å². The highest BCUT2D eigenvalue weighted by Crippen LogP contribution is 2.32. The number of carbonyl (C=O) groups is 1. The third kappa shape index (κ3) is 3.32. The minimum atomic E-state index is -0.970. The van der Waals surface area contributed by atoms with Gasteiger partial charge in [0.25, 0.3) is 11.6 Å². The quantitative estimate of drug-likeness (QED) is 0.629. The predicted octanol–water partition coefficient (Wildman–Crippen LogP) is 1.67. The summed E-state index contributed by atoms with van der Waals surface area (Å²) in [6.45, 7) is 0. The summed E-state index contributed by atoms with van der Waals surface area (Å²) in [7, 11) is 1.37. The van der Waals surface area contributed by atoms with E-state index in [1.54, 1.807) is 0 Å². The van der Waals surface area contributed by atoms with Crippen molar-refractivity contribution in [2.24, 2.45) is 0 Å². The number of non-ortho nitro benzene ring substituents is 1. The van der Waals surface area contributed by atoms with E-state index in [1.165, 1.54) is 25.3 Å². The van der Waals surface area contributed by atoms with E-state index in [0.717, 1.165) is 0 Å². The molecular weight excluding hydrogens is 282 g/mol. The monoisotopic (exact) mass is 293 g/mol. The fourth-order valence-electron chi connectivity index (χ4n) is 1.65. The molecule has 0 unspecified atom stereocenters. The Balaban J connectivity index is 2.29. The lowest BCUT2D eigenvalue weighted by Gasteiger charge is -2.04. The predicted molar refractivity (Wildman–Crippen MR) is 68.9 cm³/mol. The highest BCUT2D eigenvalue weighted by atomic mass is 16.6. The molecule has 0 aliphatic heterocycles. The minimum absolute atomic E-state index is 0.109. The van der Waals surface area contributed by atoms with Crippen LogP contribution in [0.4, 0.5) is 5.69 Å². The molecule has 0 spiro atoms. The molecule has 1 N–H and O–H groups in total. The van der Waals surface area contributed by atoms with Crippen LogP contribution in [0.2, 0.25) is 0 Å². The van der Waals surface area contributed by atoms with Gasteiger partial charge in [0.05, 0.1) is 30.1 Å². The largest absolute Gasteiger partial charge is 0.496 e. The molecule has 21 heavy (non-hydrogen) atoms. The Bertz CT molecular complexity index is 681. The number of nitro groups is 1. The number of rotatable bonds is 6. The van der Waals surface area contributed by atoms with Gasteiger partial charge < -0.3 is 14.3 Å². The van der Waals surface area contributed by atoms with E-state index in [-0.39, 0.29) is 36.1 Å². The van der Waals surface area contributed by atoms with Gasteiger partial charge in [0.2, 0.25) is 5.89 Å². The summed E-state index contributed by atoms with van der Waals surface area (Å²) < 4.78 is 10.4. The first-order valence-corrected chi connectivity index (χ1v) is 5.88. The number of ether oxygens (including phenoxy) is 1. The molecule has 0 fully saturated rings. The summed E-state index contributed by atoms with van der Waals surface area (Å²) in [5, 5.41) is 26.8. The summed E-state index contributed by atoms with van der Waals surface area (Å²) in [6.07, 6.45) is -0.0172. The fraction of sp³-hybridized carbons (Fsp3) is 0.250. The second-order valence-corrected chi connectivity index (χ2v) is 4.04. The van der Waals surface area contributed by atoms with E-state index in [1.807, 2.05) is 0 Å². The molecule has 1 heterocycles. The van der Waals surface area contributed by atoms with Crippen molar-refractivity contribution in [3.05, 3.63) is 34.2 Å². The van der Waals surface area contributed by atoms with Crippen molar-refractivity contribution in [2.45, 2.75) is 12.8 Å². The van der Waals surface area contributed by atoms with E-state index < -0.39 is 10.9 Å². The molecule has 0 radical (unpaired) electrons. The topological polar surface area (TPSA) is 129 Å². The smallest absolute Gasteiger partial charge is 0.303 e. The first kappa shape index (κ1) is 14.4. The molecular formula is C12H11N3O6. The number of aryl methyl sites for hydroxylation is 1. The van der Waals surface area contributed by atoms with Gasteiger partial charge in [-0.1, -0.05) is 0 Å². The van der Waals surface area contributed by atoms with Gasteiger partial charge >= 0.3 is 5.97 Å². The van der Waals surface area contributed by atoms with Gasteiger partial charge in [-0.05, 0) is 6.07 Å². The lowest BCUT2D eigenvalue weighted by atomic mass is 10.2. The van der Waals surface area contributed by atoms with Crippen molar-refractivity contribution in [1.82, 2.24) is 10.2 Å². The Kier molecular flexibility index (Phi) is 4.12. The fourth-order valence-corrected chi connectivity index (χ4v) is 1.65. The number of aliphatic carboxylic acids is 1. The second-order valence-electron chi connectivity index (χ2n) is 4.04. The van der Waals surface area contributed by atoms with Crippen LogP contribution >= 0.6 is 0 Å². The molecule has 0 saturated heterocycles. The number of hydrogen-bond acceptors (Lipinski definition) is 7. The molecule has 1 aromatic carbocycles. The van der Waals surface area contributed by atoms with Gasteiger partial charge in [0.15, 0.2) is 0 Å². The van der Waals surface area contributed by atoms with Gasteiger partial charge in [0.1, 0.15) is 5.75 Å². The van der Waals surface area contributed by atoms with Crippen molar-refractivity contribution in [3.8, 4) is 17.2 Å². The summed E-state index contributed by atoms with van der Waals surface area (Å²) in [5.74, 6) is -0.463. The first-order valence-electron chi connectivity index (χ1n) is 5.88. The van der Waals surface area contributed by atoms with Gasteiger partial charge in [-0.25, -0.2) is 0 Å². The van der Waals surface area contributed by atoms with Crippen LogP contribution in [0.15, 0.2) is 22.6 Å². The molecule has 0 bridgehead atoms. The zero-order chi connectivity index (χ0) is 15.4. The molecule has 1 aromatic heterocycles. The van der Waals surface area contributed by atoms with Crippen LogP contribution in [0.5, 0.6) is 5.75 Å². The van der Waals surface area contributed by atoms with Gasteiger partial charge in [-0.15, -0.1) is 10.2 Å². The first-order chi connectivity index (χ1) is 10.0.